The minimum Gasteiger partial charge on any atom is -0.457 e. The second-order valence-corrected chi connectivity index (χ2v) is 9.50. The zero-order valence-electron chi connectivity index (χ0n) is 20.3. The van der Waals surface area contributed by atoms with Gasteiger partial charge in [-0.05, 0) is 61.3 Å². The van der Waals surface area contributed by atoms with E-state index in [0.717, 1.165) is 36.4 Å². The summed E-state index contributed by atoms with van der Waals surface area (Å²) in [6.07, 6.45) is 7.39. The number of para-hydroxylation sites is 1. The number of benzene rings is 2. The normalized spacial score (nSPS) is 19.4. The van der Waals surface area contributed by atoms with Crippen LogP contribution < -0.4 is 21.3 Å². The van der Waals surface area contributed by atoms with Gasteiger partial charge in [0.2, 0.25) is 5.91 Å². The average Bonchev–Trinajstić information content (AvgIpc) is 3.53. The number of nitrogens with zero attached hydrogens (tertiary/aromatic N) is 3. The maximum atomic E-state index is 12.9. The molecule has 0 aliphatic carbocycles. The third-order valence-corrected chi connectivity index (χ3v) is 7.15. The highest BCUT2D eigenvalue weighted by atomic mass is 16.5. The molecule has 2 saturated heterocycles. The smallest absolute Gasteiger partial charge is 0.274 e. The number of amides is 1. The minimum absolute atomic E-state index is 0.00373. The zero-order valence-corrected chi connectivity index (χ0v) is 20.3. The van der Waals surface area contributed by atoms with Crippen LogP contribution in [0.2, 0.25) is 0 Å². The number of aromatic nitrogens is 3. The summed E-state index contributed by atoms with van der Waals surface area (Å²) in [7, 11) is 0. The molecule has 0 spiro atoms. The number of likely N-dealkylation sites (tertiary alicyclic amines) is 1. The van der Waals surface area contributed by atoms with Crippen molar-refractivity contribution in [1.29, 1.82) is 0 Å². The number of rotatable bonds is 6. The van der Waals surface area contributed by atoms with Crippen molar-refractivity contribution in [2.75, 3.05) is 25.4 Å². The Kier molecular flexibility index (Phi) is 5.97. The molecular weight excluding hydrogens is 468 g/mol. The van der Waals surface area contributed by atoms with E-state index in [-0.39, 0.29) is 23.2 Å². The lowest BCUT2D eigenvalue weighted by atomic mass is 9.99. The van der Waals surface area contributed by atoms with Crippen molar-refractivity contribution in [2.45, 2.75) is 24.8 Å². The van der Waals surface area contributed by atoms with Crippen molar-refractivity contribution >= 4 is 22.6 Å². The van der Waals surface area contributed by atoms with Gasteiger partial charge >= 0.3 is 0 Å². The summed E-state index contributed by atoms with van der Waals surface area (Å²) in [5.41, 5.74) is 8.24. The quantitative estimate of drug-likeness (QED) is 0.353. The second kappa shape index (κ2) is 9.59. The highest BCUT2D eigenvalue weighted by molar-refractivity contribution is 5.93. The third-order valence-electron chi connectivity index (χ3n) is 7.15. The molecule has 188 valence electrons. The van der Waals surface area contributed by atoms with Crippen LogP contribution in [0.3, 0.4) is 0 Å². The van der Waals surface area contributed by atoms with Crippen LogP contribution in [0.1, 0.15) is 24.3 Å². The van der Waals surface area contributed by atoms with Crippen molar-refractivity contribution in [3.05, 3.63) is 88.9 Å². The van der Waals surface area contributed by atoms with Gasteiger partial charge in [0.25, 0.3) is 5.56 Å². The van der Waals surface area contributed by atoms with Gasteiger partial charge in [-0.3, -0.25) is 9.59 Å². The first kappa shape index (κ1) is 23.1. The number of nitrogens with one attached hydrogen (secondary N) is 2. The number of H-pyrrole nitrogens is 1. The lowest BCUT2D eigenvalue weighted by Gasteiger charge is -2.24. The van der Waals surface area contributed by atoms with E-state index in [4.69, 9.17) is 10.5 Å². The molecule has 2 aliphatic heterocycles. The number of carbonyl (C=O) groups excluding carboxylic acids is 1. The molecule has 4 heterocycles. The summed E-state index contributed by atoms with van der Waals surface area (Å²) in [6.45, 7) is 2.18. The number of hydrogen-bond acceptors (Lipinski definition) is 6. The Morgan fingerprint density at radius 1 is 1.08 bits per heavy atom. The van der Waals surface area contributed by atoms with E-state index in [2.05, 4.69) is 15.5 Å². The fraction of sp³-hybridized carbons (Fsp3) is 0.250. The number of hydrogen-bond donors (Lipinski definition) is 3. The number of carbonyl (C=O) groups is 1. The van der Waals surface area contributed by atoms with Crippen LogP contribution in [-0.4, -0.2) is 51.2 Å². The van der Waals surface area contributed by atoms with Crippen LogP contribution in [0.5, 0.6) is 11.5 Å². The fourth-order valence-corrected chi connectivity index (χ4v) is 5.04. The SMILES string of the molecule is Nc1n[nH]c(=O)c2c(C3CCN(C(=O)/C=C/C4CCN4)C3)cn(-c3ccc(Oc4ccccc4)cc3)c12. The first-order valence-electron chi connectivity index (χ1n) is 12.5. The Labute approximate surface area is 213 Å². The lowest BCUT2D eigenvalue weighted by Crippen LogP contribution is -2.41. The molecule has 9 heteroatoms. The molecule has 2 aromatic carbocycles. The molecule has 37 heavy (non-hydrogen) atoms. The maximum Gasteiger partial charge on any atom is 0.274 e. The van der Waals surface area contributed by atoms with E-state index in [1.54, 1.807) is 6.08 Å². The van der Waals surface area contributed by atoms with E-state index < -0.39 is 0 Å². The molecule has 4 N–H and O–H groups in total. The van der Waals surface area contributed by atoms with Gasteiger partial charge in [0.1, 0.15) is 17.0 Å². The summed E-state index contributed by atoms with van der Waals surface area (Å²) < 4.78 is 7.82. The van der Waals surface area contributed by atoms with Crippen LogP contribution in [-0.2, 0) is 4.79 Å². The minimum atomic E-state index is -0.289. The number of fused-ring (bicyclic) bond motifs is 1. The highest BCUT2D eigenvalue weighted by Gasteiger charge is 2.30. The van der Waals surface area contributed by atoms with Gasteiger partial charge in [0, 0.05) is 43.0 Å². The molecule has 2 fully saturated rings. The molecular formula is C28H28N6O3. The first-order valence-corrected chi connectivity index (χ1v) is 12.5. The summed E-state index contributed by atoms with van der Waals surface area (Å²) in [6, 6.07) is 17.5. The summed E-state index contributed by atoms with van der Waals surface area (Å²) in [5, 5.41) is 10.3. The summed E-state index contributed by atoms with van der Waals surface area (Å²) >= 11 is 0. The van der Waals surface area contributed by atoms with Crippen molar-refractivity contribution < 1.29 is 9.53 Å². The fourth-order valence-electron chi connectivity index (χ4n) is 5.04. The van der Waals surface area contributed by atoms with Gasteiger partial charge in [-0.15, -0.1) is 0 Å². The summed E-state index contributed by atoms with van der Waals surface area (Å²) in [5.74, 6) is 1.72. The van der Waals surface area contributed by atoms with E-state index >= 15 is 0 Å². The molecule has 2 aromatic heterocycles. The number of anilines is 1. The summed E-state index contributed by atoms with van der Waals surface area (Å²) in [4.78, 5) is 27.5. The maximum absolute atomic E-state index is 12.9. The molecule has 1 amide bonds. The van der Waals surface area contributed by atoms with E-state index in [9.17, 15) is 9.59 Å². The van der Waals surface area contributed by atoms with Gasteiger partial charge < -0.3 is 25.3 Å². The second-order valence-electron chi connectivity index (χ2n) is 9.50. The monoisotopic (exact) mass is 496 g/mol. The Morgan fingerprint density at radius 2 is 1.84 bits per heavy atom. The number of ether oxygens (including phenoxy) is 1. The van der Waals surface area contributed by atoms with Crippen molar-refractivity contribution in [3.63, 3.8) is 0 Å². The molecule has 9 nitrogen and oxygen atoms in total. The Morgan fingerprint density at radius 3 is 2.57 bits per heavy atom. The molecule has 2 unspecified atom stereocenters. The molecule has 0 bridgehead atoms. The number of nitrogen functional groups attached to an aromatic ring is 1. The van der Waals surface area contributed by atoms with E-state index in [0.29, 0.717) is 35.8 Å². The topological polar surface area (TPSA) is 118 Å². The van der Waals surface area contributed by atoms with Gasteiger partial charge in [-0.2, -0.15) is 5.10 Å². The first-order chi connectivity index (χ1) is 18.1. The number of aromatic amines is 1. The van der Waals surface area contributed by atoms with E-state index in [1.165, 1.54) is 0 Å². The Balaban J connectivity index is 1.30. The van der Waals surface area contributed by atoms with E-state index in [1.807, 2.05) is 76.3 Å². The molecule has 0 saturated carbocycles. The van der Waals surface area contributed by atoms with Crippen LogP contribution >= 0.6 is 0 Å². The number of nitrogens with two attached hydrogens (primary N) is 1. The molecule has 6 rings (SSSR count). The van der Waals surface area contributed by atoms with Crippen LogP contribution in [0.15, 0.2) is 77.7 Å². The standard InChI is InChI=1S/C28H28N6O3/c29-27-26-25(28(36)32-31-27)23(18-13-15-33(16-18)24(35)11-6-19-12-14-30-19)17-34(26)20-7-9-22(10-8-20)37-21-4-2-1-3-5-21/h1-11,17-19,30H,12-16H2,(H2,29,31)(H,32,36)/b11-6+. The molecule has 2 aliphatic rings. The highest BCUT2D eigenvalue weighted by Crippen LogP contribution is 2.35. The predicted octanol–water partition coefficient (Wildman–Crippen LogP) is 3.32. The van der Waals surface area contributed by atoms with Crippen LogP contribution in [0.25, 0.3) is 16.6 Å². The molecule has 2 atom stereocenters. The van der Waals surface area contributed by atoms with Gasteiger partial charge in [-0.1, -0.05) is 24.3 Å². The molecule has 0 radical (unpaired) electrons. The average molecular weight is 497 g/mol. The van der Waals surface area contributed by atoms with Crippen molar-refractivity contribution in [3.8, 4) is 17.2 Å². The predicted molar refractivity (Wildman–Crippen MR) is 142 cm³/mol. The van der Waals surface area contributed by atoms with Crippen LogP contribution in [0.4, 0.5) is 5.82 Å². The van der Waals surface area contributed by atoms with Crippen LogP contribution in [0, 0.1) is 0 Å². The van der Waals surface area contributed by atoms with Crippen molar-refractivity contribution in [2.24, 2.45) is 0 Å². The van der Waals surface area contributed by atoms with Gasteiger partial charge in [-0.25, -0.2) is 5.10 Å². The van der Waals surface area contributed by atoms with Gasteiger partial charge in [0.05, 0.1) is 5.39 Å². The lowest BCUT2D eigenvalue weighted by molar-refractivity contribution is -0.125. The Hall–Kier alpha value is -4.37. The van der Waals surface area contributed by atoms with Gasteiger partial charge in [0.15, 0.2) is 5.82 Å². The Bertz CT molecular complexity index is 1520. The molecule has 4 aromatic rings. The zero-order chi connectivity index (χ0) is 25.4. The largest absolute Gasteiger partial charge is 0.457 e. The third kappa shape index (κ3) is 4.49. The van der Waals surface area contributed by atoms with Crippen molar-refractivity contribution in [1.82, 2.24) is 25.0 Å².